The second kappa shape index (κ2) is 5.66. The molecule has 1 aliphatic carbocycles. The van der Waals surface area contributed by atoms with Gasteiger partial charge in [0.2, 0.25) is 5.89 Å². The Morgan fingerprint density at radius 3 is 2.79 bits per heavy atom. The zero-order chi connectivity index (χ0) is 13.4. The fourth-order valence-electron chi connectivity index (χ4n) is 2.74. The van der Waals surface area contributed by atoms with E-state index in [1.807, 2.05) is 23.5 Å². The van der Waals surface area contributed by atoms with Crippen LogP contribution >= 0.6 is 23.5 Å². The van der Waals surface area contributed by atoms with Crippen molar-refractivity contribution in [1.29, 1.82) is 0 Å². The number of nitrogens with two attached hydrogens (primary N) is 1. The van der Waals surface area contributed by atoms with Crippen molar-refractivity contribution in [1.82, 2.24) is 10.1 Å². The SMILES string of the molecule is CC1SCC(c2noc(C3CCCC3N)n2)SC1C. The van der Waals surface area contributed by atoms with E-state index < -0.39 is 0 Å². The number of rotatable bonds is 2. The van der Waals surface area contributed by atoms with E-state index in [2.05, 4.69) is 24.0 Å². The van der Waals surface area contributed by atoms with Crippen LogP contribution in [0.5, 0.6) is 0 Å². The summed E-state index contributed by atoms with van der Waals surface area (Å²) >= 11 is 3.97. The molecule has 1 aromatic rings. The summed E-state index contributed by atoms with van der Waals surface area (Å²) in [7, 11) is 0. The lowest BCUT2D eigenvalue weighted by atomic mass is 10.1. The Balaban J connectivity index is 1.71. The quantitative estimate of drug-likeness (QED) is 0.905. The van der Waals surface area contributed by atoms with Gasteiger partial charge in [0.15, 0.2) is 5.82 Å². The minimum absolute atomic E-state index is 0.195. The summed E-state index contributed by atoms with van der Waals surface area (Å²) in [6.07, 6.45) is 3.33. The lowest BCUT2D eigenvalue weighted by Gasteiger charge is -2.29. The molecule has 1 aliphatic heterocycles. The first-order valence-electron chi connectivity index (χ1n) is 7.01. The zero-order valence-electron chi connectivity index (χ0n) is 11.4. The Morgan fingerprint density at radius 2 is 2.11 bits per heavy atom. The average molecular weight is 299 g/mol. The van der Waals surface area contributed by atoms with Gasteiger partial charge >= 0.3 is 0 Å². The highest BCUT2D eigenvalue weighted by molar-refractivity contribution is 8.07. The minimum atomic E-state index is 0.195. The van der Waals surface area contributed by atoms with Crippen LogP contribution in [-0.2, 0) is 0 Å². The maximum atomic E-state index is 6.10. The largest absolute Gasteiger partial charge is 0.339 e. The Hall–Kier alpha value is -0.200. The second-order valence-corrected chi connectivity index (χ2v) is 8.56. The van der Waals surface area contributed by atoms with Gasteiger partial charge in [-0.25, -0.2) is 0 Å². The molecule has 2 fully saturated rings. The molecule has 1 saturated carbocycles. The number of aromatic nitrogens is 2. The van der Waals surface area contributed by atoms with Gasteiger partial charge in [-0.05, 0) is 12.8 Å². The van der Waals surface area contributed by atoms with Gasteiger partial charge in [-0.3, -0.25) is 0 Å². The first-order valence-corrected chi connectivity index (χ1v) is 9.00. The van der Waals surface area contributed by atoms with E-state index in [1.165, 1.54) is 6.42 Å². The van der Waals surface area contributed by atoms with Crippen molar-refractivity contribution in [2.45, 2.75) is 60.8 Å². The minimum Gasteiger partial charge on any atom is -0.339 e. The van der Waals surface area contributed by atoms with Crippen molar-refractivity contribution >= 4 is 23.5 Å². The van der Waals surface area contributed by atoms with E-state index in [9.17, 15) is 0 Å². The van der Waals surface area contributed by atoms with Crippen molar-refractivity contribution in [2.24, 2.45) is 5.73 Å². The molecular weight excluding hydrogens is 278 g/mol. The molecule has 5 unspecified atom stereocenters. The molecule has 4 nitrogen and oxygen atoms in total. The Kier molecular flexibility index (Phi) is 4.10. The molecule has 6 heteroatoms. The van der Waals surface area contributed by atoms with Crippen LogP contribution in [0.1, 0.15) is 56.0 Å². The molecule has 19 heavy (non-hydrogen) atoms. The van der Waals surface area contributed by atoms with Crippen molar-refractivity contribution in [2.75, 3.05) is 5.75 Å². The number of hydrogen-bond acceptors (Lipinski definition) is 6. The molecule has 2 N–H and O–H groups in total. The van der Waals surface area contributed by atoms with Crippen molar-refractivity contribution < 1.29 is 4.52 Å². The first-order chi connectivity index (χ1) is 9.15. The molecule has 1 aromatic heterocycles. The molecule has 2 aliphatic rings. The zero-order valence-corrected chi connectivity index (χ0v) is 13.0. The Labute approximate surface area is 122 Å². The van der Waals surface area contributed by atoms with Crippen molar-refractivity contribution in [3.8, 4) is 0 Å². The highest BCUT2D eigenvalue weighted by Gasteiger charge is 2.33. The molecule has 0 bridgehead atoms. The van der Waals surface area contributed by atoms with Crippen LogP contribution in [0.25, 0.3) is 0 Å². The average Bonchev–Trinajstić information content (AvgIpc) is 3.01. The van der Waals surface area contributed by atoms with Crippen LogP contribution in [0.2, 0.25) is 0 Å². The molecule has 1 saturated heterocycles. The summed E-state index contributed by atoms with van der Waals surface area (Å²) in [4.78, 5) is 4.63. The maximum Gasteiger partial charge on any atom is 0.231 e. The van der Waals surface area contributed by atoms with Gasteiger partial charge in [0.1, 0.15) is 0 Å². The van der Waals surface area contributed by atoms with Gasteiger partial charge in [0, 0.05) is 22.3 Å². The first kappa shape index (κ1) is 13.8. The van der Waals surface area contributed by atoms with Gasteiger partial charge in [0.05, 0.1) is 11.2 Å². The fourth-order valence-corrected chi connectivity index (χ4v) is 5.58. The van der Waals surface area contributed by atoms with Gasteiger partial charge < -0.3 is 10.3 Å². The molecule has 5 atom stereocenters. The predicted molar refractivity (Wildman–Crippen MR) is 80.6 cm³/mol. The molecule has 2 heterocycles. The van der Waals surface area contributed by atoms with Gasteiger partial charge in [-0.2, -0.15) is 16.7 Å². The van der Waals surface area contributed by atoms with Gasteiger partial charge in [0.25, 0.3) is 0 Å². The summed E-state index contributed by atoms with van der Waals surface area (Å²) in [5.41, 5.74) is 6.10. The maximum absolute atomic E-state index is 6.10. The summed E-state index contributed by atoms with van der Waals surface area (Å²) in [6.45, 7) is 4.57. The van der Waals surface area contributed by atoms with Crippen LogP contribution in [0, 0.1) is 0 Å². The molecular formula is C13H21N3OS2. The topological polar surface area (TPSA) is 64.9 Å². The molecule has 0 aromatic carbocycles. The van der Waals surface area contributed by atoms with E-state index in [4.69, 9.17) is 10.3 Å². The molecule has 3 rings (SSSR count). The molecule has 0 amide bonds. The standard InChI is InChI=1S/C13H21N3OS2/c1-7-8(2)19-11(6-18-7)12-15-13(17-16-12)9-4-3-5-10(9)14/h7-11H,3-6,14H2,1-2H3. The van der Waals surface area contributed by atoms with E-state index in [-0.39, 0.29) is 12.0 Å². The van der Waals surface area contributed by atoms with E-state index in [0.717, 1.165) is 30.3 Å². The van der Waals surface area contributed by atoms with E-state index in [1.54, 1.807) is 0 Å². The third kappa shape index (κ3) is 2.81. The highest BCUT2D eigenvalue weighted by Crippen LogP contribution is 2.43. The summed E-state index contributed by atoms with van der Waals surface area (Å²) in [5, 5.41) is 5.91. The molecule has 106 valence electrons. The summed E-state index contributed by atoms with van der Waals surface area (Å²) in [5.74, 6) is 2.98. The summed E-state index contributed by atoms with van der Waals surface area (Å²) in [6, 6.07) is 0.195. The van der Waals surface area contributed by atoms with E-state index in [0.29, 0.717) is 15.7 Å². The lowest BCUT2D eigenvalue weighted by Crippen LogP contribution is -2.23. The third-order valence-corrected chi connectivity index (χ3v) is 7.57. The second-order valence-electron chi connectivity index (χ2n) is 5.56. The van der Waals surface area contributed by atoms with Crippen molar-refractivity contribution in [3.05, 3.63) is 11.7 Å². The smallest absolute Gasteiger partial charge is 0.231 e. The third-order valence-electron chi connectivity index (χ3n) is 4.18. The van der Waals surface area contributed by atoms with Gasteiger partial charge in [-0.15, -0.1) is 11.8 Å². The monoisotopic (exact) mass is 299 g/mol. The Bertz CT molecular complexity index is 439. The fraction of sp³-hybridized carbons (Fsp3) is 0.846. The summed E-state index contributed by atoms with van der Waals surface area (Å²) < 4.78 is 5.47. The number of hydrogen-bond donors (Lipinski definition) is 1. The molecule has 0 radical (unpaired) electrons. The highest BCUT2D eigenvalue weighted by atomic mass is 32.2. The van der Waals surface area contributed by atoms with E-state index >= 15 is 0 Å². The predicted octanol–water partition coefficient (Wildman–Crippen LogP) is 2.96. The van der Waals surface area contributed by atoms with Crippen LogP contribution in [0.3, 0.4) is 0 Å². The van der Waals surface area contributed by atoms with Gasteiger partial charge in [-0.1, -0.05) is 25.4 Å². The number of nitrogens with zero attached hydrogens (tertiary/aromatic N) is 2. The van der Waals surface area contributed by atoms with Crippen LogP contribution in [0.15, 0.2) is 4.52 Å². The van der Waals surface area contributed by atoms with Crippen LogP contribution < -0.4 is 5.73 Å². The normalized spacial score (nSPS) is 39.6. The van der Waals surface area contributed by atoms with Crippen LogP contribution in [0.4, 0.5) is 0 Å². The van der Waals surface area contributed by atoms with Crippen molar-refractivity contribution in [3.63, 3.8) is 0 Å². The van der Waals surface area contributed by atoms with Crippen LogP contribution in [-0.4, -0.2) is 32.4 Å². The lowest BCUT2D eigenvalue weighted by molar-refractivity contribution is 0.341. The Morgan fingerprint density at radius 1 is 1.26 bits per heavy atom. The molecule has 0 spiro atoms. The number of thioether (sulfide) groups is 2.